The van der Waals surface area contributed by atoms with Crippen LogP contribution in [0.3, 0.4) is 0 Å². The third-order valence-corrected chi connectivity index (χ3v) is 2.16. The van der Waals surface area contributed by atoms with Gasteiger partial charge in [0.15, 0.2) is 11.1 Å². The molecule has 0 amide bonds. The van der Waals surface area contributed by atoms with Gasteiger partial charge in [-0.15, -0.1) is 0 Å². The largest absolute Gasteiger partial charge is 0.302 e. The maximum absolute atomic E-state index is 12.4. The van der Waals surface area contributed by atoms with E-state index in [2.05, 4.69) is 0 Å². The van der Waals surface area contributed by atoms with Gasteiger partial charge in [-0.2, -0.15) is 0 Å². The Morgan fingerprint density at radius 2 is 2.18 bits per heavy atom. The van der Waals surface area contributed by atoms with Gasteiger partial charge in [0.2, 0.25) is 0 Å². The zero-order chi connectivity index (χ0) is 8.43. The van der Waals surface area contributed by atoms with Crippen LogP contribution in [0.2, 0.25) is 0 Å². The minimum atomic E-state index is -2.02. The highest BCUT2D eigenvalue weighted by molar-refractivity contribution is 7.79. The Kier molecular flexibility index (Phi) is 2.36. The molecule has 1 unspecified atom stereocenters. The molecule has 0 aliphatic carbocycles. The molecular weight excluding hydrogens is 167 g/mol. The summed E-state index contributed by atoms with van der Waals surface area (Å²) in [4.78, 5) is 0.256. The molecule has 0 spiro atoms. The first kappa shape index (κ1) is 8.36. The van der Waals surface area contributed by atoms with Gasteiger partial charge >= 0.3 is 0 Å². The second-order valence-electron chi connectivity index (χ2n) is 2.16. The normalized spacial score (nSPS) is 13.0. The topological polar surface area (TPSA) is 37.3 Å². The summed E-state index contributed by atoms with van der Waals surface area (Å²) in [5, 5.41) is 0. The molecule has 0 aliphatic rings. The molecular formula is C7H7FO2S. The Bertz CT molecular complexity index is 298. The summed E-state index contributed by atoms with van der Waals surface area (Å²) in [5.74, 6) is -0.392. The lowest BCUT2D eigenvalue weighted by Gasteiger charge is -1.98. The van der Waals surface area contributed by atoms with Gasteiger partial charge in [-0.25, -0.2) is 8.60 Å². The van der Waals surface area contributed by atoms with Gasteiger partial charge in [-0.05, 0) is 30.7 Å². The Morgan fingerprint density at radius 1 is 1.55 bits per heavy atom. The fourth-order valence-corrected chi connectivity index (χ4v) is 1.33. The maximum atomic E-state index is 12.4. The van der Waals surface area contributed by atoms with Crippen molar-refractivity contribution in [2.24, 2.45) is 0 Å². The van der Waals surface area contributed by atoms with Crippen molar-refractivity contribution in [2.45, 2.75) is 11.8 Å². The minimum absolute atomic E-state index is 0.256. The molecule has 0 aromatic heterocycles. The number of rotatable bonds is 1. The molecule has 1 aromatic rings. The summed E-state index contributed by atoms with van der Waals surface area (Å²) in [6, 6.07) is 3.70. The van der Waals surface area contributed by atoms with Crippen LogP contribution in [-0.4, -0.2) is 8.76 Å². The standard InChI is InChI=1S/C7H7FO2S/c1-5-4-6(8)2-3-7(5)11(9)10/h2-4H,1H3,(H,9,10). The Morgan fingerprint density at radius 3 is 2.64 bits per heavy atom. The predicted octanol–water partition coefficient (Wildman–Crippen LogP) is 1.71. The van der Waals surface area contributed by atoms with Crippen molar-refractivity contribution in [3.63, 3.8) is 0 Å². The first-order valence-corrected chi connectivity index (χ1v) is 4.09. The molecule has 0 aliphatic heterocycles. The van der Waals surface area contributed by atoms with Crippen molar-refractivity contribution >= 4 is 11.1 Å². The van der Waals surface area contributed by atoms with Crippen LogP contribution in [0, 0.1) is 12.7 Å². The van der Waals surface area contributed by atoms with Gasteiger partial charge in [0, 0.05) is 0 Å². The summed E-state index contributed by atoms with van der Waals surface area (Å²) < 4.78 is 31.6. The molecule has 0 radical (unpaired) electrons. The van der Waals surface area contributed by atoms with Crippen molar-refractivity contribution in [3.05, 3.63) is 29.6 Å². The molecule has 60 valence electrons. The molecule has 1 rings (SSSR count). The zero-order valence-electron chi connectivity index (χ0n) is 5.87. The molecule has 2 nitrogen and oxygen atoms in total. The second kappa shape index (κ2) is 3.11. The highest BCUT2D eigenvalue weighted by Gasteiger charge is 2.03. The number of benzene rings is 1. The average Bonchev–Trinajstić information content (AvgIpc) is 1.85. The molecule has 1 aromatic carbocycles. The van der Waals surface area contributed by atoms with Gasteiger partial charge in [0.05, 0.1) is 4.90 Å². The van der Waals surface area contributed by atoms with Gasteiger partial charge in [-0.1, -0.05) is 0 Å². The van der Waals surface area contributed by atoms with Crippen LogP contribution in [-0.2, 0) is 11.1 Å². The molecule has 4 heteroatoms. The molecule has 0 saturated carbocycles. The van der Waals surface area contributed by atoms with Crippen LogP contribution in [0.1, 0.15) is 5.56 Å². The predicted molar refractivity (Wildman–Crippen MR) is 40.2 cm³/mol. The third-order valence-electron chi connectivity index (χ3n) is 1.33. The van der Waals surface area contributed by atoms with Gasteiger partial charge in [0.25, 0.3) is 0 Å². The summed E-state index contributed by atoms with van der Waals surface area (Å²) >= 11 is -2.02. The van der Waals surface area contributed by atoms with Gasteiger partial charge in [-0.3, -0.25) is 0 Å². The smallest absolute Gasteiger partial charge is 0.186 e. The van der Waals surface area contributed by atoms with E-state index in [1.807, 2.05) is 0 Å². The Balaban J connectivity index is 3.20. The third kappa shape index (κ3) is 1.85. The van der Waals surface area contributed by atoms with E-state index in [0.29, 0.717) is 5.56 Å². The van der Waals surface area contributed by atoms with Crippen molar-refractivity contribution in [2.75, 3.05) is 0 Å². The summed E-state index contributed by atoms with van der Waals surface area (Å²) in [5.41, 5.74) is 0.492. The molecule has 11 heavy (non-hydrogen) atoms. The number of aryl methyl sites for hydroxylation is 1. The fourth-order valence-electron chi connectivity index (χ4n) is 0.809. The first-order valence-electron chi connectivity index (χ1n) is 2.98. The lowest BCUT2D eigenvalue weighted by Crippen LogP contribution is -1.92. The summed E-state index contributed by atoms with van der Waals surface area (Å²) in [7, 11) is 0. The summed E-state index contributed by atoms with van der Waals surface area (Å²) in [6.07, 6.45) is 0. The molecule has 1 atom stereocenters. The average molecular weight is 174 g/mol. The van der Waals surface area contributed by atoms with Crippen molar-refractivity contribution < 1.29 is 13.2 Å². The molecule has 0 fully saturated rings. The van der Waals surface area contributed by atoms with E-state index in [0.717, 1.165) is 6.07 Å². The van der Waals surface area contributed by atoms with Gasteiger partial charge in [0.1, 0.15) is 5.82 Å². The molecule has 0 bridgehead atoms. The van der Waals surface area contributed by atoms with E-state index in [1.165, 1.54) is 12.1 Å². The van der Waals surface area contributed by atoms with E-state index in [1.54, 1.807) is 6.92 Å². The van der Waals surface area contributed by atoms with Crippen LogP contribution in [0.15, 0.2) is 23.1 Å². The molecule has 1 N–H and O–H groups in total. The zero-order valence-corrected chi connectivity index (χ0v) is 6.69. The first-order chi connectivity index (χ1) is 5.11. The fraction of sp³-hybridized carbons (Fsp3) is 0.143. The lowest BCUT2D eigenvalue weighted by molar-refractivity contribution is 0.563. The highest BCUT2D eigenvalue weighted by Crippen LogP contribution is 2.12. The van der Waals surface area contributed by atoms with Crippen LogP contribution in [0.4, 0.5) is 4.39 Å². The lowest BCUT2D eigenvalue weighted by atomic mass is 10.2. The molecule has 0 saturated heterocycles. The van der Waals surface area contributed by atoms with Crippen LogP contribution in [0.5, 0.6) is 0 Å². The summed E-state index contributed by atoms with van der Waals surface area (Å²) in [6.45, 7) is 1.59. The van der Waals surface area contributed by atoms with Crippen molar-refractivity contribution in [1.82, 2.24) is 0 Å². The Hall–Kier alpha value is -0.740. The Labute approximate surface area is 66.3 Å². The van der Waals surface area contributed by atoms with E-state index in [9.17, 15) is 8.60 Å². The van der Waals surface area contributed by atoms with E-state index >= 15 is 0 Å². The number of halogens is 1. The second-order valence-corrected chi connectivity index (χ2v) is 3.10. The van der Waals surface area contributed by atoms with Crippen LogP contribution in [0.25, 0.3) is 0 Å². The van der Waals surface area contributed by atoms with Crippen LogP contribution >= 0.6 is 0 Å². The minimum Gasteiger partial charge on any atom is -0.302 e. The van der Waals surface area contributed by atoms with Crippen molar-refractivity contribution in [1.29, 1.82) is 0 Å². The monoisotopic (exact) mass is 174 g/mol. The SMILES string of the molecule is Cc1cc(F)ccc1S(=O)O. The van der Waals surface area contributed by atoms with E-state index in [4.69, 9.17) is 4.55 Å². The van der Waals surface area contributed by atoms with E-state index in [-0.39, 0.29) is 4.90 Å². The van der Waals surface area contributed by atoms with E-state index < -0.39 is 16.9 Å². The number of hydrogen-bond acceptors (Lipinski definition) is 1. The quantitative estimate of drug-likeness (QED) is 0.658. The van der Waals surface area contributed by atoms with Gasteiger partial charge < -0.3 is 4.55 Å². The maximum Gasteiger partial charge on any atom is 0.186 e. The van der Waals surface area contributed by atoms with Crippen molar-refractivity contribution in [3.8, 4) is 0 Å². The highest BCUT2D eigenvalue weighted by atomic mass is 32.2. The van der Waals surface area contributed by atoms with Crippen LogP contribution < -0.4 is 0 Å². The molecule has 0 heterocycles. The number of hydrogen-bond donors (Lipinski definition) is 1.